The first-order chi connectivity index (χ1) is 30.2. The van der Waals surface area contributed by atoms with Crippen LogP contribution in [0.4, 0.5) is 17.1 Å². The van der Waals surface area contributed by atoms with Gasteiger partial charge in [0.15, 0.2) is 13.9 Å². The molecule has 4 N–H and O–H groups in total. The number of fused-ring (bicyclic) bond motifs is 3. The van der Waals surface area contributed by atoms with Crippen molar-refractivity contribution in [1.82, 2.24) is 4.90 Å². The van der Waals surface area contributed by atoms with Crippen molar-refractivity contribution < 1.29 is 43.3 Å². The van der Waals surface area contributed by atoms with Crippen LogP contribution in [0, 0.1) is 5.92 Å². The number of nitrogens with zero attached hydrogens (tertiary/aromatic N) is 2. The van der Waals surface area contributed by atoms with Gasteiger partial charge in [0.1, 0.15) is 11.5 Å². The fourth-order valence-electron chi connectivity index (χ4n) is 9.61. The Morgan fingerprint density at radius 1 is 0.810 bits per heavy atom. The lowest BCUT2D eigenvalue weighted by Gasteiger charge is -2.37. The zero-order valence-electron chi connectivity index (χ0n) is 36.0. The Hall–Kier alpha value is -6.32. The second kappa shape index (κ2) is 17.4. The summed E-state index contributed by atoms with van der Waals surface area (Å²) in [6, 6.07) is 33.5. The first-order valence-corrected chi connectivity index (χ1v) is 24.1. The molecule has 8 rings (SSSR count). The summed E-state index contributed by atoms with van der Waals surface area (Å²) < 4.78 is 17.5. The van der Waals surface area contributed by atoms with Crippen molar-refractivity contribution >= 4 is 49.0 Å². The number of ether oxygens (including phenoxy) is 3. The monoisotopic (exact) mass is 868 g/mol. The largest absolute Gasteiger partial charge is 0.497 e. The average Bonchev–Trinajstić information content (AvgIpc) is 3.71. The molecule has 3 aliphatic rings. The highest BCUT2D eigenvalue weighted by Crippen LogP contribution is 2.60. The summed E-state index contributed by atoms with van der Waals surface area (Å²) in [5.41, 5.74) is 3.68. The predicted molar refractivity (Wildman–Crippen MR) is 241 cm³/mol. The number of aliphatic hydroxyl groups is 1. The second-order valence-electron chi connectivity index (χ2n) is 17.1. The second-order valence-corrected chi connectivity index (χ2v) is 21.1. The van der Waals surface area contributed by atoms with Crippen LogP contribution in [0.1, 0.15) is 56.3 Å². The van der Waals surface area contributed by atoms with Crippen molar-refractivity contribution in [2.45, 2.75) is 69.2 Å². The molecule has 0 aliphatic carbocycles. The van der Waals surface area contributed by atoms with Gasteiger partial charge in [-0.1, -0.05) is 43.3 Å². The number of aliphatic hydroxyl groups excluding tert-OH is 1. The predicted octanol–water partition coefficient (Wildman–Crippen LogP) is 6.89. The van der Waals surface area contributed by atoms with Crippen LogP contribution < -0.4 is 25.0 Å². The number of amides is 4. The molecule has 1 spiro atoms. The Morgan fingerprint density at radius 2 is 1.38 bits per heavy atom. The molecule has 63 heavy (non-hydrogen) atoms. The zero-order valence-corrected chi connectivity index (χ0v) is 37.0. The molecule has 0 aromatic heterocycles. The van der Waals surface area contributed by atoms with Gasteiger partial charge in [-0.05, 0) is 115 Å². The van der Waals surface area contributed by atoms with E-state index in [1.165, 1.54) is 0 Å². The van der Waals surface area contributed by atoms with E-state index < -0.39 is 37.5 Å². The molecule has 5 aromatic rings. The van der Waals surface area contributed by atoms with Crippen LogP contribution >= 0.6 is 0 Å². The fourth-order valence-corrected chi connectivity index (χ4v) is 12.2. The molecule has 13 nitrogen and oxygen atoms in total. The van der Waals surface area contributed by atoms with Crippen LogP contribution in [-0.4, -0.2) is 79.7 Å². The molecule has 1 fully saturated rings. The Labute approximate surface area is 367 Å². The maximum Gasteiger partial charge on any atom is 0.264 e. The van der Waals surface area contributed by atoms with Gasteiger partial charge in [-0.15, -0.1) is 0 Å². The summed E-state index contributed by atoms with van der Waals surface area (Å²) in [6.07, 6.45) is -0.429. The number of carbonyl (C=O) groups excluding carboxylic acids is 4. The molecule has 3 heterocycles. The molecule has 326 valence electrons. The van der Waals surface area contributed by atoms with Crippen LogP contribution in [-0.2, 0) is 39.4 Å². The van der Waals surface area contributed by atoms with Crippen molar-refractivity contribution in [2.24, 2.45) is 5.92 Å². The van der Waals surface area contributed by atoms with Gasteiger partial charge in [0, 0.05) is 46.1 Å². The van der Waals surface area contributed by atoms with Gasteiger partial charge in [-0.25, -0.2) is 0 Å². The van der Waals surface area contributed by atoms with Gasteiger partial charge in [0.2, 0.25) is 5.91 Å². The summed E-state index contributed by atoms with van der Waals surface area (Å²) in [6.45, 7) is 5.78. The Morgan fingerprint density at radius 3 is 1.95 bits per heavy atom. The third kappa shape index (κ3) is 8.34. The summed E-state index contributed by atoms with van der Waals surface area (Å²) in [4.78, 5) is 71.5. The number of nitrogens with one attached hydrogen (secondary N) is 2. The molecule has 4 amide bonds. The van der Waals surface area contributed by atoms with Gasteiger partial charge in [0.05, 0.1) is 51.6 Å². The summed E-state index contributed by atoms with van der Waals surface area (Å²) in [7, 11) is -0.0548. The third-order valence-corrected chi connectivity index (χ3v) is 15.3. The molecule has 5 aromatic carbocycles. The number of anilines is 3. The molecule has 1 saturated heterocycles. The lowest BCUT2D eigenvalue weighted by atomic mass is 9.82. The topological polar surface area (TPSA) is 167 Å². The van der Waals surface area contributed by atoms with Crippen molar-refractivity contribution in [2.75, 3.05) is 36.4 Å². The van der Waals surface area contributed by atoms with Crippen molar-refractivity contribution in [1.29, 1.82) is 0 Å². The summed E-state index contributed by atoms with van der Waals surface area (Å²) in [5, 5.41) is 16.3. The van der Waals surface area contributed by atoms with Crippen LogP contribution in [0.15, 0.2) is 115 Å². The SMILES string of the molecule is COc1ccc(C(=O)Nc2ccc(CN3C(=O)[C@]4(O[C@H](CC(=O)N5Cc6ccccc6C[C@H]5CO)[C@@H]([Si](C)(C)O)[C@@H]4C)c4cc(NC(=O)c5ccc(OC)cc5)ccc43)cc2)cc1. The van der Waals surface area contributed by atoms with E-state index in [2.05, 4.69) is 10.6 Å². The highest BCUT2D eigenvalue weighted by Gasteiger charge is 2.66. The minimum absolute atomic E-state index is 0.105. The molecular formula is C49H52N4O9Si. The number of hydrogen-bond acceptors (Lipinski definition) is 9. The first kappa shape index (κ1) is 43.3. The van der Waals surface area contributed by atoms with Gasteiger partial charge in [-0.3, -0.25) is 19.2 Å². The maximum atomic E-state index is 15.3. The van der Waals surface area contributed by atoms with Crippen LogP contribution in [0.25, 0.3) is 0 Å². The van der Waals surface area contributed by atoms with Crippen LogP contribution in [0.5, 0.6) is 11.5 Å². The van der Waals surface area contributed by atoms with E-state index in [4.69, 9.17) is 14.2 Å². The molecule has 0 saturated carbocycles. The first-order valence-electron chi connectivity index (χ1n) is 21.1. The highest BCUT2D eigenvalue weighted by molar-refractivity contribution is 6.71. The van der Waals surface area contributed by atoms with Gasteiger partial charge >= 0.3 is 0 Å². The Balaban J connectivity index is 1.11. The molecule has 0 unspecified atom stereocenters. The standard InChI is InChI=1S/C49H52N4O9Si/c1-30-45(63(4,5)59)43(26-44(55)52-28-35-9-7-6-8-34(35)24-38(52)29-54)62-49(30)41-25-37(51-47(57)33-14-21-40(61-3)22-15-33)18-23-42(41)53(48(49)58)27-31-10-16-36(17-11-31)50-46(56)32-12-19-39(60-2)20-13-32/h6-23,25,30,38,43,45,54,59H,24,26-29H2,1-5H3,(H,50,56)(H,51,57)/t30-,38-,43+,45-,49+/m0/s1. The molecule has 14 heteroatoms. The van der Waals surface area contributed by atoms with Gasteiger partial charge in [-0.2, -0.15) is 0 Å². The zero-order chi connectivity index (χ0) is 44.6. The molecule has 5 atom stereocenters. The molecule has 3 aliphatic heterocycles. The number of carbonyl (C=O) groups is 4. The summed E-state index contributed by atoms with van der Waals surface area (Å²) in [5.74, 6) is -0.559. The van der Waals surface area contributed by atoms with E-state index in [9.17, 15) is 24.3 Å². The van der Waals surface area contributed by atoms with Gasteiger partial charge < -0.3 is 44.5 Å². The number of rotatable bonds is 12. The van der Waals surface area contributed by atoms with E-state index in [0.29, 0.717) is 58.2 Å². The van der Waals surface area contributed by atoms with Crippen LogP contribution in [0.3, 0.4) is 0 Å². The maximum absolute atomic E-state index is 15.3. The lowest BCUT2D eigenvalue weighted by molar-refractivity contribution is -0.151. The summed E-state index contributed by atoms with van der Waals surface area (Å²) >= 11 is 0. The normalized spacial score (nSPS) is 21.5. The van der Waals surface area contributed by atoms with E-state index in [-0.39, 0.29) is 43.2 Å². The minimum atomic E-state index is -3.17. The number of benzene rings is 5. The Kier molecular flexibility index (Phi) is 12.0. The highest BCUT2D eigenvalue weighted by atomic mass is 28.4. The Bertz CT molecular complexity index is 2530. The number of hydrogen-bond donors (Lipinski definition) is 4. The minimum Gasteiger partial charge on any atom is -0.497 e. The molecular weight excluding hydrogens is 817 g/mol. The third-order valence-electron chi connectivity index (χ3n) is 12.8. The van der Waals surface area contributed by atoms with Crippen molar-refractivity contribution in [3.8, 4) is 11.5 Å². The van der Waals surface area contributed by atoms with E-state index in [0.717, 1.165) is 16.7 Å². The smallest absolute Gasteiger partial charge is 0.264 e. The number of methoxy groups -OCH3 is 2. The van der Waals surface area contributed by atoms with E-state index in [1.54, 1.807) is 116 Å². The van der Waals surface area contributed by atoms with Crippen molar-refractivity contribution in [3.05, 3.63) is 149 Å². The lowest BCUT2D eigenvalue weighted by Crippen LogP contribution is -2.48. The van der Waals surface area contributed by atoms with E-state index >= 15 is 4.79 Å². The molecule has 0 radical (unpaired) electrons. The molecule has 0 bridgehead atoms. The van der Waals surface area contributed by atoms with Crippen molar-refractivity contribution in [3.63, 3.8) is 0 Å². The van der Waals surface area contributed by atoms with Crippen LogP contribution in [0.2, 0.25) is 18.6 Å². The van der Waals surface area contributed by atoms with Gasteiger partial charge in [0.25, 0.3) is 17.7 Å². The van der Waals surface area contributed by atoms with E-state index in [1.807, 2.05) is 43.3 Å². The quantitative estimate of drug-likeness (QED) is 0.0978. The average molecular weight is 869 g/mol. The fraction of sp³-hybridized carbons (Fsp3) is 0.306.